The van der Waals surface area contributed by atoms with Gasteiger partial charge in [0.25, 0.3) is 5.69 Å². The Balaban J connectivity index is 3.45. The number of hydrogen-bond acceptors (Lipinski definition) is 4. The first-order valence-electron chi connectivity index (χ1n) is 4.63. The molecule has 1 aromatic carbocycles. The highest BCUT2D eigenvalue weighted by atomic mass is 32.2. The number of nitrogens with one attached hydrogen (secondary N) is 1. The van der Waals surface area contributed by atoms with Crippen LogP contribution in [0.25, 0.3) is 0 Å². The van der Waals surface area contributed by atoms with Gasteiger partial charge in [0.2, 0.25) is 10.0 Å². The number of sulfonamides is 1. The summed E-state index contributed by atoms with van der Waals surface area (Å²) in [6.07, 6.45) is 0.494. The maximum atomic E-state index is 11.6. The molecule has 16 heavy (non-hydrogen) atoms. The number of rotatable bonds is 4. The van der Waals surface area contributed by atoms with E-state index in [4.69, 9.17) is 0 Å². The second-order valence-corrected chi connectivity index (χ2v) is 4.97. The first-order chi connectivity index (χ1) is 7.42. The van der Waals surface area contributed by atoms with E-state index < -0.39 is 14.9 Å². The van der Waals surface area contributed by atoms with Gasteiger partial charge < -0.3 is 0 Å². The molecule has 0 saturated carbocycles. The smallest absolute Gasteiger partial charge is 0.258 e. The van der Waals surface area contributed by atoms with Gasteiger partial charge >= 0.3 is 0 Å². The lowest BCUT2D eigenvalue weighted by Crippen LogP contribution is -2.20. The van der Waals surface area contributed by atoms with Gasteiger partial charge in [-0.25, -0.2) is 13.1 Å². The summed E-state index contributed by atoms with van der Waals surface area (Å²) in [5.41, 5.74) is 0.325. The van der Waals surface area contributed by atoms with Crippen LogP contribution in [0.3, 0.4) is 0 Å². The van der Waals surface area contributed by atoms with Crippen LogP contribution in [0.4, 0.5) is 5.69 Å². The zero-order valence-corrected chi connectivity index (χ0v) is 9.74. The zero-order valence-electron chi connectivity index (χ0n) is 8.93. The van der Waals surface area contributed by atoms with Crippen molar-refractivity contribution in [2.45, 2.75) is 18.2 Å². The second kappa shape index (κ2) is 4.58. The molecule has 88 valence electrons. The summed E-state index contributed by atoms with van der Waals surface area (Å²) in [5, 5.41) is 10.6. The molecule has 0 radical (unpaired) electrons. The van der Waals surface area contributed by atoms with Crippen LogP contribution in [-0.4, -0.2) is 20.4 Å². The van der Waals surface area contributed by atoms with E-state index >= 15 is 0 Å². The average molecular weight is 244 g/mol. The highest BCUT2D eigenvalue weighted by Crippen LogP contribution is 2.22. The van der Waals surface area contributed by atoms with Gasteiger partial charge in [0.1, 0.15) is 0 Å². The van der Waals surface area contributed by atoms with Crippen LogP contribution in [0.5, 0.6) is 0 Å². The van der Waals surface area contributed by atoms with E-state index in [0.29, 0.717) is 12.0 Å². The van der Waals surface area contributed by atoms with E-state index in [1.165, 1.54) is 19.2 Å². The SMILES string of the molecule is CCc1ccc([N+](=O)[O-])cc1S(=O)(=O)NC. The van der Waals surface area contributed by atoms with E-state index in [1.54, 1.807) is 6.92 Å². The van der Waals surface area contributed by atoms with Gasteiger partial charge in [0.05, 0.1) is 9.82 Å². The van der Waals surface area contributed by atoms with E-state index in [9.17, 15) is 18.5 Å². The van der Waals surface area contributed by atoms with Crippen LogP contribution in [-0.2, 0) is 16.4 Å². The molecule has 0 aliphatic heterocycles. The molecule has 6 nitrogen and oxygen atoms in total. The third-order valence-electron chi connectivity index (χ3n) is 2.20. The van der Waals surface area contributed by atoms with Gasteiger partial charge in [-0.3, -0.25) is 10.1 Å². The van der Waals surface area contributed by atoms with E-state index in [1.807, 2.05) is 0 Å². The molecule has 1 rings (SSSR count). The Labute approximate surface area is 93.5 Å². The molecule has 0 aromatic heterocycles. The van der Waals surface area contributed by atoms with Crippen molar-refractivity contribution >= 4 is 15.7 Å². The van der Waals surface area contributed by atoms with Crippen LogP contribution >= 0.6 is 0 Å². The normalized spacial score (nSPS) is 11.4. The lowest BCUT2D eigenvalue weighted by Gasteiger charge is -2.07. The molecule has 0 saturated heterocycles. The molecule has 0 spiro atoms. The van der Waals surface area contributed by atoms with Gasteiger partial charge in [0.15, 0.2) is 0 Å². The van der Waals surface area contributed by atoms with E-state index in [0.717, 1.165) is 6.07 Å². The molecule has 0 aliphatic carbocycles. The molecule has 0 heterocycles. The lowest BCUT2D eigenvalue weighted by atomic mass is 10.1. The summed E-state index contributed by atoms with van der Waals surface area (Å²) in [7, 11) is -2.38. The summed E-state index contributed by atoms with van der Waals surface area (Å²) in [4.78, 5) is 9.91. The van der Waals surface area contributed by atoms with E-state index in [-0.39, 0.29) is 10.6 Å². The lowest BCUT2D eigenvalue weighted by molar-refractivity contribution is -0.385. The van der Waals surface area contributed by atoms with Gasteiger partial charge in [0, 0.05) is 12.1 Å². The Kier molecular flexibility index (Phi) is 3.61. The van der Waals surface area contributed by atoms with Crippen LogP contribution in [0, 0.1) is 10.1 Å². The Hall–Kier alpha value is -1.47. The molecule has 0 bridgehead atoms. The van der Waals surface area contributed by atoms with E-state index in [2.05, 4.69) is 4.72 Å². The fourth-order valence-corrected chi connectivity index (χ4v) is 2.36. The molecule has 0 aliphatic rings. The molecule has 7 heteroatoms. The summed E-state index contributed by atoms with van der Waals surface area (Å²) in [6.45, 7) is 1.79. The minimum Gasteiger partial charge on any atom is -0.258 e. The van der Waals surface area contributed by atoms with Crippen molar-refractivity contribution in [3.63, 3.8) is 0 Å². The first-order valence-corrected chi connectivity index (χ1v) is 6.11. The molecule has 1 N–H and O–H groups in total. The predicted molar refractivity (Wildman–Crippen MR) is 58.7 cm³/mol. The Morgan fingerprint density at radius 1 is 1.44 bits per heavy atom. The molecule has 0 unspecified atom stereocenters. The van der Waals surface area contributed by atoms with Crippen molar-refractivity contribution in [3.05, 3.63) is 33.9 Å². The zero-order chi connectivity index (χ0) is 12.3. The largest absolute Gasteiger partial charge is 0.270 e. The quantitative estimate of drug-likeness (QED) is 0.633. The monoisotopic (exact) mass is 244 g/mol. The minimum absolute atomic E-state index is 0.0355. The van der Waals surface area contributed by atoms with Crippen molar-refractivity contribution in [2.75, 3.05) is 7.05 Å². The van der Waals surface area contributed by atoms with Crippen LogP contribution in [0.15, 0.2) is 23.1 Å². The van der Waals surface area contributed by atoms with Crippen molar-refractivity contribution in [1.82, 2.24) is 4.72 Å². The second-order valence-electron chi connectivity index (χ2n) is 3.11. The summed E-state index contributed by atoms with van der Waals surface area (Å²) in [5.74, 6) is 0. The molecule has 0 atom stereocenters. The van der Waals surface area contributed by atoms with Crippen molar-refractivity contribution in [3.8, 4) is 0 Å². The molecular weight excluding hydrogens is 232 g/mol. The molecule has 0 fully saturated rings. The van der Waals surface area contributed by atoms with Crippen molar-refractivity contribution in [2.24, 2.45) is 0 Å². The topological polar surface area (TPSA) is 89.3 Å². The number of benzene rings is 1. The number of hydrogen-bond donors (Lipinski definition) is 1. The van der Waals surface area contributed by atoms with Gasteiger partial charge in [-0.2, -0.15) is 0 Å². The number of nitrogens with zero attached hydrogens (tertiary/aromatic N) is 1. The Morgan fingerprint density at radius 2 is 2.06 bits per heavy atom. The number of aryl methyl sites for hydroxylation is 1. The fraction of sp³-hybridized carbons (Fsp3) is 0.333. The maximum Gasteiger partial charge on any atom is 0.270 e. The number of nitro benzene ring substituents is 1. The van der Waals surface area contributed by atoms with Gasteiger partial charge in [-0.1, -0.05) is 13.0 Å². The number of non-ortho nitro benzene ring substituents is 1. The van der Waals surface area contributed by atoms with Crippen LogP contribution in [0.1, 0.15) is 12.5 Å². The van der Waals surface area contributed by atoms with Crippen LogP contribution < -0.4 is 4.72 Å². The van der Waals surface area contributed by atoms with Crippen molar-refractivity contribution in [1.29, 1.82) is 0 Å². The molecule has 1 aromatic rings. The Bertz CT molecular complexity index is 510. The highest BCUT2D eigenvalue weighted by Gasteiger charge is 2.19. The summed E-state index contributed by atoms with van der Waals surface area (Å²) >= 11 is 0. The fourth-order valence-electron chi connectivity index (χ4n) is 1.31. The molecule has 0 amide bonds. The minimum atomic E-state index is -3.65. The third-order valence-corrected chi connectivity index (χ3v) is 3.70. The first kappa shape index (κ1) is 12.6. The molecular formula is C9H12N2O4S. The third kappa shape index (κ3) is 2.37. The average Bonchev–Trinajstić information content (AvgIpc) is 2.28. The number of nitro groups is 1. The summed E-state index contributed by atoms with van der Waals surface area (Å²) in [6, 6.07) is 3.83. The predicted octanol–water partition coefficient (Wildman–Crippen LogP) is 1.07. The van der Waals surface area contributed by atoms with Gasteiger partial charge in [-0.15, -0.1) is 0 Å². The Morgan fingerprint density at radius 3 is 2.50 bits per heavy atom. The standard InChI is InChI=1S/C9H12N2O4S/c1-3-7-4-5-8(11(12)13)6-9(7)16(14,15)10-2/h4-6,10H,3H2,1-2H3. The van der Waals surface area contributed by atoms with Gasteiger partial charge in [-0.05, 0) is 19.0 Å². The van der Waals surface area contributed by atoms with Crippen LogP contribution in [0.2, 0.25) is 0 Å². The maximum absolute atomic E-state index is 11.6. The summed E-state index contributed by atoms with van der Waals surface area (Å²) < 4.78 is 25.4. The highest BCUT2D eigenvalue weighted by molar-refractivity contribution is 7.89. The van der Waals surface area contributed by atoms with Crippen molar-refractivity contribution < 1.29 is 13.3 Å².